The Morgan fingerprint density at radius 3 is 2.29 bits per heavy atom. The SMILES string of the molecule is CCC(C)C(=O)CC(=O)c1ccc([N+](=O)[O-])cc1[N+](=O)[O-]. The summed E-state index contributed by atoms with van der Waals surface area (Å²) in [6.07, 6.45) is 0.113. The summed E-state index contributed by atoms with van der Waals surface area (Å²) in [4.78, 5) is 43.6. The van der Waals surface area contributed by atoms with Gasteiger partial charge in [0.05, 0.1) is 27.9 Å². The molecule has 0 aromatic heterocycles. The minimum atomic E-state index is -0.867. The number of ketones is 2. The van der Waals surface area contributed by atoms with Crippen LogP contribution < -0.4 is 0 Å². The van der Waals surface area contributed by atoms with Crippen LogP contribution in [0.1, 0.15) is 37.0 Å². The van der Waals surface area contributed by atoms with E-state index in [-0.39, 0.29) is 17.3 Å². The molecular formula is C13H14N2O6. The Morgan fingerprint density at radius 2 is 1.81 bits per heavy atom. The maximum atomic E-state index is 12.0. The lowest BCUT2D eigenvalue weighted by Crippen LogP contribution is -2.16. The normalized spacial score (nSPS) is 11.7. The van der Waals surface area contributed by atoms with Crippen molar-refractivity contribution in [3.05, 3.63) is 44.0 Å². The van der Waals surface area contributed by atoms with Crippen molar-refractivity contribution < 1.29 is 19.4 Å². The summed E-state index contributed by atoms with van der Waals surface area (Å²) in [7, 11) is 0. The first kappa shape index (κ1) is 16.4. The van der Waals surface area contributed by atoms with Gasteiger partial charge in [-0.15, -0.1) is 0 Å². The fourth-order valence-corrected chi connectivity index (χ4v) is 1.68. The van der Waals surface area contributed by atoms with Crippen LogP contribution in [0, 0.1) is 26.1 Å². The van der Waals surface area contributed by atoms with Crippen molar-refractivity contribution in [3.8, 4) is 0 Å². The summed E-state index contributed by atoms with van der Waals surface area (Å²) in [5.74, 6) is -1.33. The maximum absolute atomic E-state index is 12.0. The van der Waals surface area contributed by atoms with E-state index in [2.05, 4.69) is 0 Å². The van der Waals surface area contributed by atoms with Gasteiger partial charge < -0.3 is 0 Å². The van der Waals surface area contributed by atoms with Crippen molar-refractivity contribution in [2.45, 2.75) is 26.7 Å². The Morgan fingerprint density at radius 1 is 1.19 bits per heavy atom. The smallest absolute Gasteiger partial charge is 0.287 e. The molecule has 0 heterocycles. The van der Waals surface area contributed by atoms with Crippen LogP contribution in [0.4, 0.5) is 11.4 Å². The predicted octanol–water partition coefficient (Wildman–Crippen LogP) is 2.69. The number of nitro benzene ring substituents is 2. The number of carbonyl (C=O) groups is 2. The first-order chi connectivity index (χ1) is 9.77. The quantitative estimate of drug-likeness (QED) is 0.330. The van der Waals surface area contributed by atoms with Crippen LogP contribution in [0.2, 0.25) is 0 Å². The summed E-state index contributed by atoms with van der Waals surface area (Å²) >= 11 is 0. The minimum absolute atomic E-state index is 0.290. The van der Waals surface area contributed by atoms with E-state index in [1.54, 1.807) is 13.8 Å². The number of Topliss-reactive ketones (excluding diaryl/α,β-unsaturated/α-hetero) is 2. The van der Waals surface area contributed by atoms with E-state index >= 15 is 0 Å². The van der Waals surface area contributed by atoms with Gasteiger partial charge in [0.25, 0.3) is 11.4 Å². The number of carbonyl (C=O) groups excluding carboxylic acids is 2. The summed E-state index contributed by atoms with van der Waals surface area (Å²) < 4.78 is 0. The minimum Gasteiger partial charge on any atom is -0.299 e. The average Bonchev–Trinajstić information content (AvgIpc) is 2.45. The van der Waals surface area contributed by atoms with Gasteiger partial charge in [-0.25, -0.2) is 0 Å². The summed E-state index contributed by atoms with van der Waals surface area (Å²) in [5.41, 5.74) is -1.43. The Labute approximate surface area is 120 Å². The highest BCUT2D eigenvalue weighted by atomic mass is 16.6. The highest BCUT2D eigenvalue weighted by Gasteiger charge is 2.26. The highest BCUT2D eigenvalue weighted by molar-refractivity contribution is 6.10. The molecule has 0 aliphatic heterocycles. The van der Waals surface area contributed by atoms with E-state index < -0.39 is 33.4 Å². The third kappa shape index (κ3) is 3.91. The second kappa shape index (κ2) is 6.69. The molecule has 1 aromatic rings. The first-order valence-corrected chi connectivity index (χ1v) is 6.26. The number of benzene rings is 1. The van der Waals surface area contributed by atoms with Crippen LogP contribution in [-0.4, -0.2) is 21.4 Å². The van der Waals surface area contributed by atoms with E-state index in [1.165, 1.54) is 0 Å². The fourth-order valence-electron chi connectivity index (χ4n) is 1.68. The molecule has 0 amide bonds. The molecular weight excluding hydrogens is 280 g/mol. The molecule has 112 valence electrons. The molecule has 0 bridgehead atoms. The molecule has 0 aliphatic carbocycles. The number of nitro groups is 2. The summed E-state index contributed by atoms with van der Waals surface area (Å²) in [6, 6.07) is 2.75. The lowest BCUT2D eigenvalue weighted by molar-refractivity contribution is -0.394. The summed E-state index contributed by atoms with van der Waals surface area (Å²) in [6.45, 7) is 3.46. The third-order valence-corrected chi connectivity index (χ3v) is 3.19. The lowest BCUT2D eigenvalue weighted by atomic mass is 9.96. The van der Waals surface area contributed by atoms with E-state index in [9.17, 15) is 29.8 Å². The largest absolute Gasteiger partial charge is 0.299 e. The molecule has 0 radical (unpaired) electrons. The van der Waals surface area contributed by atoms with Gasteiger partial charge in [0, 0.05) is 12.0 Å². The Kier molecular flexibility index (Phi) is 5.23. The van der Waals surface area contributed by atoms with E-state index in [1.807, 2.05) is 0 Å². The Bertz CT molecular complexity index is 611. The Balaban J connectivity index is 3.12. The second-order valence-electron chi connectivity index (χ2n) is 4.59. The highest BCUT2D eigenvalue weighted by Crippen LogP contribution is 2.26. The molecule has 0 saturated carbocycles. The van der Waals surface area contributed by atoms with Gasteiger partial charge in [-0.2, -0.15) is 0 Å². The summed E-state index contributed by atoms with van der Waals surface area (Å²) in [5, 5.41) is 21.5. The van der Waals surface area contributed by atoms with Gasteiger partial charge in [-0.3, -0.25) is 29.8 Å². The van der Waals surface area contributed by atoms with Crippen molar-refractivity contribution in [3.63, 3.8) is 0 Å². The molecule has 0 N–H and O–H groups in total. The number of hydrogen-bond donors (Lipinski definition) is 0. The molecule has 1 unspecified atom stereocenters. The standard InChI is InChI=1S/C13H14N2O6/c1-3-8(2)12(16)7-13(17)10-5-4-9(14(18)19)6-11(10)15(20)21/h4-6,8H,3,7H2,1-2H3. The van der Waals surface area contributed by atoms with Crippen LogP contribution >= 0.6 is 0 Å². The van der Waals surface area contributed by atoms with Crippen LogP contribution in [0.25, 0.3) is 0 Å². The second-order valence-corrected chi connectivity index (χ2v) is 4.59. The molecule has 1 atom stereocenters. The van der Waals surface area contributed by atoms with Crippen LogP contribution in [0.15, 0.2) is 18.2 Å². The lowest BCUT2D eigenvalue weighted by Gasteiger charge is -2.06. The van der Waals surface area contributed by atoms with Crippen molar-refractivity contribution in [1.29, 1.82) is 0 Å². The van der Waals surface area contributed by atoms with Gasteiger partial charge in [0.2, 0.25) is 0 Å². The van der Waals surface area contributed by atoms with E-state index in [0.717, 1.165) is 18.2 Å². The molecule has 0 spiro atoms. The molecule has 1 aromatic carbocycles. The molecule has 0 fully saturated rings. The topological polar surface area (TPSA) is 120 Å². The van der Waals surface area contributed by atoms with E-state index in [0.29, 0.717) is 6.42 Å². The number of hydrogen-bond acceptors (Lipinski definition) is 6. The maximum Gasteiger partial charge on any atom is 0.287 e. The fraction of sp³-hybridized carbons (Fsp3) is 0.385. The van der Waals surface area contributed by atoms with Crippen molar-refractivity contribution >= 4 is 22.9 Å². The average molecular weight is 294 g/mol. The molecule has 8 heteroatoms. The zero-order valence-corrected chi connectivity index (χ0v) is 11.6. The number of rotatable bonds is 7. The van der Waals surface area contributed by atoms with Gasteiger partial charge >= 0.3 is 0 Å². The molecule has 0 saturated heterocycles. The zero-order chi connectivity index (χ0) is 16.2. The van der Waals surface area contributed by atoms with Crippen molar-refractivity contribution in [2.24, 2.45) is 5.92 Å². The number of non-ortho nitro benzene ring substituents is 1. The molecule has 1 rings (SSSR count). The van der Waals surface area contributed by atoms with Gasteiger partial charge in [0.15, 0.2) is 5.78 Å². The number of nitrogens with zero attached hydrogens (tertiary/aromatic N) is 2. The van der Waals surface area contributed by atoms with Crippen molar-refractivity contribution in [2.75, 3.05) is 0 Å². The van der Waals surface area contributed by atoms with Gasteiger partial charge in [-0.05, 0) is 12.5 Å². The van der Waals surface area contributed by atoms with Crippen LogP contribution in [0.3, 0.4) is 0 Å². The van der Waals surface area contributed by atoms with Gasteiger partial charge in [-0.1, -0.05) is 13.8 Å². The zero-order valence-electron chi connectivity index (χ0n) is 11.6. The molecule has 8 nitrogen and oxygen atoms in total. The molecule has 0 aliphatic rings. The van der Waals surface area contributed by atoms with Crippen LogP contribution in [-0.2, 0) is 4.79 Å². The first-order valence-electron chi connectivity index (χ1n) is 6.26. The van der Waals surface area contributed by atoms with Crippen LogP contribution in [0.5, 0.6) is 0 Å². The van der Waals surface area contributed by atoms with Crippen molar-refractivity contribution in [1.82, 2.24) is 0 Å². The van der Waals surface area contributed by atoms with E-state index in [4.69, 9.17) is 0 Å². The molecule has 21 heavy (non-hydrogen) atoms. The third-order valence-electron chi connectivity index (χ3n) is 3.19. The Hall–Kier alpha value is -2.64. The monoisotopic (exact) mass is 294 g/mol. The predicted molar refractivity (Wildman–Crippen MR) is 73.2 cm³/mol. The van der Waals surface area contributed by atoms with Gasteiger partial charge in [0.1, 0.15) is 5.78 Å².